The molecule has 6 heterocycles. The Morgan fingerprint density at radius 3 is 2.14 bits per heavy atom. The number of fused-ring (bicyclic) bond motifs is 1. The van der Waals surface area contributed by atoms with Crippen molar-refractivity contribution in [3.8, 4) is 10.4 Å². The number of thiazole rings is 1. The van der Waals surface area contributed by atoms with Gasteiger partial charge in [-0.2, -0.15) is 10.2 Å². The minimum Gasteiger partial charge on any atom is -0.391 e. The van der Waals surface area contributed by atoms with E-state index in [4.69, 9.17) is 23.7 Å². The van der Waals surface area contributed by atoms with E-state index in [-0.39, 0.29) is 94.5 Å². The maximum atomic E-state index is 13.9. The predicted octanol–water partition coefficient (Wildman–Crippen LogP) is 2.63. The number of likely N-dealkylation sites (tertiary alicyclic amines) is 1. The van der Waals surface area contributed by atoms with Crippen LogP contribution >= 0.6 is 11.3 Å². The standard InChI is InChI=1S/C50H66F2N12O11S/c1-32-43(76-31-54-32)34-8-6-33(7-9-34)25-53-48(69)38-24-35(65)27-63(38)49(70)44(50(2,3)4)58-40(66)29-74-22-20-72-18-16-71-17-19-73-21-23-75-30-41(67)62-14-12-61(13-15-62)39-10-11-64-46(57-39)36(26-55-64)47(68)56-37-28-60(5)59-42(37)45(51)52/h6-11,26,28,31,35,38,44-45,65H,12-25,27,29-30H2,1-5H3,(H,53,69)(H,56,68)(H,58,66)/t35-,38+,44-/m1/s1. The Morgan fingerprint density at radius 1 is 0.882 bits per heavy atom. The summed E-state index contributed by atoms with van der Waals surface area (Å²) in [4.78, 5) is 81.2. The number of ether oxygens (including phenoxy) is 5. The number of piperazine rings is 1. The van der Waals surface area contributed by atoms with Crippen LogP contribution in [-0.4, -0.2) is 191 Å². The highest BCUT2D eigenvalue weighted by atomic mass is 32.1. The number of benzene rings is 1. The number of carbonyl (C=O) groups excluding carboxylic acids is 5. The summed E-state index contributed by atoms with van der Waals surface area (Å²) in [6, 6.07) is 7.66. The number of nitrogens with zero attached hydrogens (tertiary/aromatic N) is 9. The van der Waals surface area contributed by atoms with Crippen molar-refractivity contribution in [2.75, 3.05) is 109 Å². The molecule has 76 heavy (non-hydrogen) atoms. The Bertz CT molecular complexity index is 2740. The predicted molar refractivity (Wildman–Crippen MR) is 274 cm³/mol. The average Bonchev–Trinajstić information content (AvgIpc) is 4.21. The smallest absolute Gasteiger partial charge is 0.284 e. The van der Waals surface area contributed by atoms with E-state index in [2.05, 4.69) is 36.1 Å². The van der Waals surface area contributed by atoms with Crippen LogP contribution in [0, 0.1) is 12.3 Å². The number of anilines is 2. The first kappa shape index (κ1) is 57.2. The lowest BCUT2D eigenvalue weighted by atomic mass is 9.85. The topological polar surface area (TPSA) is 258 Å². The Balaban J connectivity index is 0.698. The van der Waals surface area contributed by atoms with E-state index in [0.717, 1.165) is 21.7 Å². The SMILES string of the molecule is Cc1ncsc1-c1ccc(CNC(=O)[C@@H]2C[C@@H](O)CN2C(=O)[C@@H](NC(=O)COCCOCCOCCOCCOCC(=O)N2CCN(c3ccn4ncc(C(=O)Nc5cn(C)nc5C(F)F)c4n3)CC2)C(C)(C)C)cc1. The molecule has 5 amide bonds. The number of aromatic nitrogens is 6. The number of carbonyl (C=O) groups is 5. The first-order valence-electron chi connectivity index (χ1n) is 24.9. The molecule has 1 aromatic carbocycles. The van der Waals surface area contributed by atoms with Crippen molar-refractivity contribution in [3.63, 3.8) is 0 Å². The maximum Gasteiger partial charge on any atom is 0.284 e. The zero-order chi connectivity index (χ0) is 54.4. The van der Waals surface area contributed by atoms with Crippen molar-refractivity contribution in [2.24, 2.45) is 12.5 Å². The molecule has 0 aliphatic carbocycles. The van der Waals surface area contributed by atoms with Crippen molar-refractivity contribution < 1.29 is 61.5 Å². The normalized spacial score (nSPS) is 16.4. The zero-order valence-corrected chi connectivity index (χ0v) is 44.1. The van der Waals surface area contributed by atoms with Gasteiger partial charge in [0.05, 0.1) is 86.9 Å². The van der Waals surface area contributed by atoms with Crippen molar-refractivity contribution in [2.45, 2.75) is 65.3 Å². The maximum absolute atomic E-state index is 13.9. The van der Waals surface area contributed by atoms with Gasteiger partial charge in [0, 0.05) is 65.1 Å². The van der Waals surface area contributed by atoms with Crippen molar-refractivity contribution in [1.29, 1.82) is 0 Å². The molecule has 5 aromatic rings. The quantitative estimate of drug-likeness (QED) is 0.0581. The largest absolute Gasteiger partial charge is 0.391 e. The molecule has 4 aromatic heterocycles. The van der Waals surface area contributed by atoms with Gasteiger partial charge in [0.25, 0.3) is 12.3 Å². The highest BCUT2D eigenvalue weighted by Crippen LogP contribution is 2.29. The number of hydrogen-bond donors (Lipinski definition) is 4. The second kappa shape index (κ2) is 27.0. The van der Waals surface area contributed by atoms with Gasteiger partial charge in [-0.1, -0.05) is 45.0 Å². The number of rotatable bonds is 26. The van der Waals surface area contributed by atoms with Gasteiger partial charge in [-0.3, -0.25) is 28.7 Å². The summed E-state index contributed by atoms with van der Waals surface area (Å²) in [5.41, 5.74) is 3.65. The summed E-state index contributed by atoms with van der Waals surface area (Å²) in [6.07, 6.45) is 0.584. The molecule has 0 bridgehead atoms. The zero-order valence-electron chi connectivity index (χ0n) is 43.2. The minimum atomic E-state index is -2.87. The number of halogens is 2. The third kappa shape index (κ3) is 15.5. The third-order valence-electron chi connectivity index (χ3n) is 12.5. The highest BCUT2D eigenvalue weighted by molar-refractivity contribution is 7.13. The van der Waals surface area contributed by atoms with Gasteiger partial charge in [0.1, 0.15) is 36.7 Å². The highest BCUT2D eigenvalue weighted by Gasteiger charge is 2.44. The molecule has 2 saturated heterocycles. The van der Waals surface area contributed by atoms with E-state index >= 15 is 0 Å². The molecule has 26 heteroatoms. The minimum absolute atomic E-state index is 0.0362. The Hall–Kier alpha value is -6.55. The summed E-state index contributed by atoms with van der Waals surface area (Å²) >= 11 is 1.56. The number of hydrogen-bond acceptors (Lipinski definition) is 17. The fraction of sp³-hybridized carbons (Fsp3) is 0.540. The van der Waals surface area contributed by atoms with Crippen molar-refractivity contribution in [3.05, 3.63) is 76.9 Å². The number of aliphatic hydroxyl groups is 1. The summed E-state index contributed by atoms with van der Waals surface area (Å²) in [7, 11) is 1.48. The third-order valence-corrected chi connectivity index (χ3v) is 13.5. The van der Waals surface area contributed by atoms with Crippen LogP contribution in [0.5, 0.6) is 0 Å². The Morgan fingerprint density at radius 2 is 1.53 bits per heavy atom. The van der Waals surface area contributed by atoms with Crippen LogP contribution in [0.2, 0.25) is 0 Å². The van der Waals surface area contributed by atoms with Gasteiger partial charge in [-0.05, 0) is 29.5 Å². The number of aryl methyl sites for hydroxylation is 2. The van der Waals surface area contributed by atoms with Crippen LogP contribution < -0.4 is 20.9 Å². The fourth-order valence-electron chi connectivity index (χ4n) is 8.51. The van der Waals surface area contributed by atoms with Crippen LogP contribution in [0.3, 0.4) is 0 Å². The molecule has 412 valence electrons. The van der Waals surface area contributed by atoms with Crippen LogP contribution in [0.15, 0.2) is 54.4 Å². The number of amides is 5. The summed E-state index contributed by atoms with van der Waals surface area (Å²) < 4.78 is 57.1. The van der Waals surface area contributed by atoms with E-state index in [0.29, 0.717) is 51.8 Å². The van der Waals surface area contributed by atoms with E-state index in [9.17, 15) is 37.9 Å². The summed E-state index contributed by atoms with van der Waals surface area (Å²) in [5.74, 6) is -1.62. The van der Waals surface area contributed by atoms with E-state index < -0.39 is 53.4 Å². The molecule has 7 rings (SSSR count). The first-order valence-corrected chi connectivity index (χ1v) is 25.8. The number of nitrogens with one attached hydrogen (secondary N) is 3. The van der Waals surface area contributed by atoms with Gasteiger partial charge in [-0.15, -0.1) is 11.3 Å². The van der Waals surface area contributed by atoms with Crippen LogP contribution in [-0.2, 0) is 56.5 Å². The molecule has 2 fully saturated rings. The van der Waals surface area contributed by atoms with Crippen LogP contribution in [0.1, 0.15) is 60.9 Å². The van der Waals surface area contributed by atoms with Gasteiger partial charge in [-0.25, -0.2) is 23.3 Å². The fourth-order valence-corrected chi connectivity index (χ4v) is 9.32. The van der Waals surface area contributed by atoms with Gasteiger partial charge < -0.3 is 59.4 Å². The molecule has 3 atom stereocenters. The molecule has 0 radical (unpaired) electrons. The average molecular weight is 1080 g/mol. The monoisotopic (exact) mass is 1080 g/mol. The molecule has 0 unspecified atom stereocenters. The molecule has 0 spiro atoms. The van der Waals surface area contributed by atoms with Gasteiger partial charge in [0.2, 0.25) is 23.6 Å². The second-order valence-electron chi connectivity index (χ2n) is 19.2. The molecule has 2 aliphatic heterocycles. The van der Waals surface area contributed by atoms with E-state index in [1.54, 1.807) is 34.0 Å². The first-order chi connectivity index (χ1) is 36.5. The lowest BCUT2D eigenvalue weighted by molar-refractivity contribution is -0.144. The number of alkyl halides is 2. The van der Waals surface area contributed by atoms with Gasteiger partial charge in [0.15, 0.2) is 11.3 Å². The molecule has 0 saturated carbocycles. The molecular weight excluding hydrogens is 1010 g/mol. The molecule has 2 aliphatic rings. The van der Waals surface area contributed by atoms with E-state index in [1.165, 1.54) is 33.5 Å². The Kier molecular flexibility index (Phi) is 20.3. The van der Waals surface area contributed by atoms with E-state index in [1.807, 2.05) is 56.9 Å². The second-order valence-corrected chi connectivity index (χ2v) is 20.1. The number of β-amino-alcohol motifs (C(OH)–C–C–N with tert-alkyl or cyclic N) is 1. The number of aliphatic hydroxyl groups excluding tert-OH is 1. The molecular formula is C50H66F2N12O11S. The van der Waals surface area contributed by atoms with Gasteiger partial charge >= 0.3 is 0 Å². The van der Waals surface area contributed by atoms with Crippen LogP contribution in [0.25, 0.3) is 16.1 Å². The lowest BCUT2D eigenvalue weighted by Gasteiger charge is -2.35. The van der Waals surface area contributed by atoms with Crippen molar-refractivity contribution in [1.82, 2.24) is 49.8 Å². The summed E-state index contributed by atoms with van der Waals surface area (Å²) in [5, 5.41) is 26.6. The van der Waals surface area contributed by atoms with Crippen LogP contribution in [0.4, 0.5) is 20.3 Å². The molecule has 4 N–H and O–H groups in total. The Labute approximate surface area is 442 Å². The summed E-state index contributed by atoms with van der Waals surface area (Å²) in [6.45, 7) is 11.0. The van der Waals surface area contributed by atoms with Crippen molar-refractivity contribution >= 4 is 58.0 Å². The lowest BCUT2D eigenvalue weighted by Crippen LogP contribution is -2.58. The molecule has 23 nitrogen and oxygen atoms in total.